The molecular weight excluding hydrogens is 461 g/mol. The van der Waals surface area contributed by atoms with Gasteiger partial charge in [-0.1, -0.05) is 29.8 Å². The number of anilines is 1. The average molecular weight is 479 g/mol. The summed E-state index contributed by atoms with van der Waals surface area (Å²) in [5, 5.41) is 14.6. The Morgan fingerprint density at radius 2 is 1.79 bits per heavy atom. The molecule has 0 heterocycles. The lowest BCUT2D eigenvalue weighted by Crippen LogP contribution is -2.25. The van der Waals surface area contributed by atoms with Gasteiger partial charge in [0.05, 0.1) is 16.1 Å². The molecule has 3 N–H and O–H groups in total. The van der Waals surface area contributed by atoms with Crippen molar-refractivity contribution in [1.29, 1.82) is 0 Å². The van der Waals surface area contributed by atoms with Crippen LogP contribution in [0.4, 0.5) is 18.9 Å². The van der Waals surface area contributed by atoms with Crippen LogP contribution in [0, 0.1) is 12.7 Å². The van der Waals surface area contributed by atoms with Crippen molar-refractivity contribution in [2.45, 2.75) is 20.1 Å². The van der Waals surface area contributed by atoms with Gasteiger partial charge in [0, 0.05) is 17.8 Å². The Morgan fingerprint density at radius 3 is 2.45 bits per heavy atom. The second-order valence-electron chi connectivity index (χ2n) is 6.93. The van der Waals surface area contributed by atoms with E-state index in [1.807, 2.05) is 0 Å². The summed E-state index contributed by atoms with van der Waals surface area (Å²) in [7, 11) is 0. The normalized spacial score (nSPS) is 10.7. The van der Waals surface area contributed by atoms with Crippen molar-refractivity contribution in [2.75, 3.05) is 5.32 Å². The fraction of sp³-hybridized carbons (Fsp3) is 0.130. The number of benzene rings is 3. The van der Waals surface area contributed by atoms with Gasteiger partial charge in [-0.25, -0.2) is 4.39 Å². The van der Waals surface area contributed by atoms with Gasteiger partial charge >= 0.3 is 6.61 Å². The quantitative estimate of drug-likeness (QED) is 0.431. The van der Waals surface area contributed by atoms with Crippen molar-refractivity contribution in [3.8, 4) is 11.5 Å². The van der Waals surface area contributed by atoms with Crippen molar-refractivity contribution in [1.82, 2.24) is 5.32 Å². The molecule has 0 unspecified atom stereocenters. The molecule has 0 saturated heterocycles. The third-order valence-corrected chi connectivity index (χ3v) is 4.96. The molecule has 3 rings (SSSR count). The number of ether oxygens (including phenoxy) is 1. The van der Waals surface area contributed by atoms with E-state index >= 15 is 0 Å². The number of aryl methyl sites for hydroxylation is 1. The number of nitrogens with one attached hydrogen (secondary N) is 2. The van der Waals surface area contributed by atoms with E-state index in [0.29, 0.717) is 11.1 Å². The third-order valence-electron chi connectivity index (χ3n) is 4.65. The molecule has 0 spiro atoms. The van der Waals surface area contributed by atoms with Crippen molar-refractivity contribution in [3.63, 3.8) is 0 Å². The van der Waals surface area contributed by atoms with Gasteiger partial charge < -0.3 is 20.5 Å². The first kappa shape index (κ1) is 23.9. The van der Waals surface area contributed by atoms with E-state index in [0.717, 1.165) is 12.1 Å². The zero-order valence-electron chi connectivity index (χ0n) is 17.2. The molecule has 3 aromatic rings. The van der Waals surface area contributed by atoms with Crippen LogP contribution in [0.25, 0.3) is 0 Å². The smallest absolute Gasteiger partial charge is 0.387 e. The van der Waals surface area contributed by atoms with E-state index in [1.165, 1.54) is 24.3 Å². The lowest BCUT2D eigenvalue weighted by molar-refractivity contribution is -0.0498. The molecule has 0 aliphatic carbocycles. The molecule has 0 radical (unpaired) electrons. The van der Waals surface area contributed by atoms with Gasteiger partial charge in [0.2, 0.25) is 0 Å². The van der Waals surface area contributed by atoms with Crippen molar-refractivity contribution in [2.24, 2.45) is 0 Å². The van der Waals surface area contributed by atoms with Gasteiger partial charge in [0.15, 0.2) is 0 Å². The summed E-state index contributed by atoms with van der Waals surface area (Å²) in [6.45, 7) is -1.49. The minimum absolute atomic E-state index is 0.0326. The Labute approximate surface area is 192 Å². The SMILES string of the molecule is Cc1cc(OC(F)F)ccc1NC(=O)c1cc(C(=O)NCc2ccccc2O)c(F)cc1Cl. The van der Waals surface area contributed by atoms with Crippen LogP contribution in [-0.4, -0.2) is 23.5 Å². The van der Waals surface area contributed by atoms with Gasteiger partial charge in [-0.15, -0.1) is 0 Å². The fourth-order valence-corrected chi connectivity index (χ4v) is 3.21. The Hall–Kier alpha value is -3.72. The maximum absolute atomic E-state index is 14.4. The first-order valence-electron chi connectivity index (χ1n) is 9.56. The second-order valence-corrected chi connectivity index (χ2v) is 7.34. The number of phenols is 1. The number of rotatable bonds is 7. The fourth-order valence-electron chi connectivity index (χ4n) is 2.97. The number of phenolic OH excluding ortho intramolecular Hbond substituents is 1. The number of hydrogen-bond acceptors (Lipinski definition) is 4. The van der Waals surface area contributed by atoms with E-state index in [9.17, 15) is 27.9 Å². The summed E-state index contributed by atoms with van der Waals surface area (Å²) in [4.78, 5) is 25.2. The van der Waals surface area contributed by atoms with Gasteiger partial charge in [0.25, 0.3) is 11.8 Å². The number of alkyl halides is 2. The van der Waals surface area contributed by atoms with Gasteiger partial charge in [-0.3, -0.25) is 9.59 Å². The van der Waals surface area contributed by atoms with Crippen molar-refractivity contribution in [3.05, 3.63) is 87.7 Å². The number of amides is 2. The van der Waals surface area contributed by atoms with Crippen LogP contribution in [-0.2, 0) is 6.54 Å². The highest BCUT2D eigenvalue weighted by Crippen LogP contribution is 2.26. The highest BCUT2D eigenvalue weighted by Gasteiger charge is 2.20. The van der Waals surface area contributed by atoms with E-state index in [-0.39, 0.29) is 34.3 Å². The molecular formula is C23H18ClF3N2O4. The Balaban J connectivity index is 1.78. The van der Waals surface area contributed by atoms with Crippen molar-refractivity contribution < 1.29 is 32.6 Å². The summed E-state index contributed by atoms with van der Waals surface area (Å²) in [5.41, 5.74) is 0.552. The van der Waals surface area contributed by atoms with Crippen molar-refractivity contribution >= 4 is 29.1 Å². The van der Waals surface area contributed by atoms with Crippen LogP contribution < -0.4 is 15.4 Å². The largest absolute Gasteiger partial charge is 0.508 e. The molecule has 10 heteroatoms. The molecule has 3 aromatic carbocycles. The van der Waals surface area contributed by atoms with E-state index < -0.39 is 29.8 Å². The Morgan fingerprint density at radius 1 is 1.06 bits per heavy atom. The van der Waals surface area contributed by atoms with Gasteiger partial charge in [-0.05, 0) is 48.9 Å². The zero-order valence-corrected chi connectivity index (χ0v) is 17.9. The average Bonchev–Trinajstić information content (AvgIpc) is 2.74. The molecule has 0 aliphatic heterocycles. The lowest BCUT2D eigenvalue weighted by Gasteiger charge is -2.13. The molecule has 0 bridgehead atoms. The Bertz CT molecular complexity index is 1200. The molecule has 0 saturated carbocycles. The molecule has 33 heavy (non-hydrogen) atoms. The summed E-state index contributed by atoms with van der Waals surface area (Å²) in [5.74, 6) is -2.60. The number of halogens is 4. The maximum atomic E-state index is 14.4. The maximum Gasteiger partial charge on any atom is 0.387 e. The predicted octanol–water partition coefficient (Wildman–Crippen LogP) is 5.28. The molecule has 0 fully saturated rings. The highest BCUT2D eigenvalue weighted by molar-refractivity contribution is 6.34. The monoisotopic (exact) mass is 478 g/mol. The standard InChI is InChI=1S/C23H18ClF3N2O4/c1-12-8-14(33-23(26)27)6-7-19(12)29-22(32)15-9-16(18(25)10-17(15)24)21(31)28-11-13-4-2-3-5-20(13)30/h2-10,23,30H,11H2,1H3,(H,28,31)(H,29,32). The van der Waals surface area contributed by atoms with Crippen LogP contribution in [0.5, 0.6) is 11.5 Å². The summed E-state index contributed by atoms with van der Waals surface area (Å²) >= 11 is 6.01. The number of aromatic hydroxyl groups is 1. The molecule has 0 aromatic heterocycles. The number of para-hydroxylation sites is 1. The van der Waals surface area contributed by atoms with Gasteiger partial charge in [0.1, 0.15) is 17.3 Å². The summed E-state index contributed by atoms with van der Waals surface area (Å²) < 4.78 is 43.4. The van der Waals surface area contributed by atoms with E-state index in [4.69, 9.17) is 11.6 Å². The Kier molecular flexibility index (Phi) is 7.44. The predicted molar refractivity (Wildman–Crippen MR) is 116 cm³/mol. The summed E-state index contributed by atoms with van der Waals surface area (Å²) in [6, 6.07) is 12.1. The summed E-state index contributed by atoms with van der Waals surface area (Å²) in [6.07, 6.45) is 0. The number of hydrogen-bond donors (Lipinski definition) is 3. The van der Waals surface area contributed by atoms with E-state index in [1.54, 1.807) is 25.1 Å². The molecule has 172 valence electrons. The molecule has 2 amide bonds. The molecule has 0 atom stereocenters. The minimum Gasteiger partial charge on any atom is -0.508 e. The van der Waals surface area contributed by atoms with E-state index in [2.05, 4.69) is 15.4 Å². The van der Waals surface area contributed by atoms with Crippen LogP contribution in [0.2, 0.25) is 5.02 Å². The highest BCUT2D eigenvalue weighted by atomic mass is 35.5. The van der Waals surface area contributed by atoms with Crippen LogP contribution in [0.3, 0.4) is 0 Å². The first-order chi connectivity index (χ1) is 15.7. The van der Waals surface area contributed by atoms with Crippen LogP contribution in [0.1, 0.15) is 31.8 Å². The first-order valence-corrected chi connectivity index (χ1v) is 9.94. The van der Waals surface area contributed by atoms with Crippen LogP contribution in [0.15, 0.2) is 54.6 Å². The van der Waals surface area contributed by atoms with Gasteiger partial charge in [-0.2, -0.15) is 8.78 Å². The molecule has 0 aliphatic rings. The molecule has 6 nitrogen and oxygen atoms in total. The zero-order chi connectivity index (χ0) is 24.1. The lowest BCUT2D eigenvalue weighted by atomic mass is 10.1. The number of carbonyl (C=O) groups is 2. The van der Waals surface area contributed by atoms with Crippen LogP contribution >= 0.6 is 11.6 Å². The third kappa shape index (κ3) is 5.95. The topological polar surface area (TPSA) is 87.7 Å². The minimum atomic E-state index is -2.99. The number of carbonyl (C=O) groups excluding carboxylic acids is 2. The second kappa shape index (κ2) is 10.3.